The van der Waals surface area contributed by atoms with Crippen molar-refractivity contribution in [3.63, 3.8) is 0 Å². The Morgan fingerprint density at radius 3 is 2.95 bits per heavy atom. The van der Waals surface area contributed by atoms with Gasteiger partial charge in [0.15, 0.2) is 0 Å². The van der Waals surface area contributed by atoms with E-state index in [-0.39, 0.29) is 5.91 Å². The van der Waals surface area contributed by atoms with Gasteiger partial charge in [-0.05, 0) is 45.0 Å². The van der Waals surface area contributed by atoms with Gasteiger partial charge in [0.05, 0.1) is 6.61 Å². The molecule has 2 rings (SSSR count). The van der Waals surface area contributed by atoms with E-state index in [0.29, 0.717) is 36.1 Å². The van der Waals surface area contributed by atoms with Crippen LogP contribution in [0, 0.1) is 5.92 Å². The van der Waals surface area contributed by atoms with E-state index >= 15 is 0 Å². The molecule has 1 aliphatic heterocycles. The molecule has 1 aromatic carbocycles. The second-order valence-corrected chi connectivity index (χ2v) is 5.35. The first kappa shape index (κ1) is 14.7. The average molecular weight is 277 g/mol. The number of carbonyl (C=O) groups is 1. The summed E-state index contributed by atoms with van der Waals surface area (Å²) in [5.41, 5.74) is 6.90. The highest BCUT2D eigenvalue weighted by Crippen LogP contribution is 2.19. The van der Waals surface area contributed by atoms with Crippen molar-refractivity contribution in [2.45, 2.75) is 13.3 Å². The third-order valence-corrected chi connectivity index (χ3v) is 3.54. The summed E-state index contributed by atoms with van der Waals surface area (Å²) < 4.78 is 5.40. The second kappa shape index (κ2) is 6.61. The summed E-state index contributed by atoms with van der Waals surface area (Å²) in [5.74, 6) is 1.09. The number of nitrogens with two attached hydrogens (primary N) is 1. The van der Waals surface area contributed by atoms with Crippen LogP contribution in [0.3, 0.4) is 0 Å². The van der Waals surface area contributed by atoms with E-state index in [1.54, 1.807) is 18.2 Å². The molecule has 1 saturated heterocycles. The molecule has 5 nitrogen and oxygen atoms in total. The van der Waals surface area contributed by atoms with Gasteiger partial charge in [0.25, 0.3) is 5.91 Å². The first-order chi connectivity index (χ1) is 9.58. The highest BCUT2D eigenvalue weighted by Gasteiger charge is 2.20. The molecule has 20 heavy (non-hydrogen) atoms. The van der Waals surface area contributed by atoms with Gasteiger partial charge in [-0.25, -0.2) is 0 Å². The lowest BCUT2D eigenvalue weighted by atomic mass is 10.1. The van der Waals surface area contributed by atoms with Crippen molar-refractivity contribution in [1.29, 1.82) is 0 Å². The Labute approximate surface area is 120 Å². The molecule has 110 valence electrons. The van der Waals surface area contributed by atoms with Gasteiger partial charge in [0.1, 0.15) is 5.75 Å². The quantitative estimate of drug-likeness (QED) is 0.797. The van der Waals surface area contributed by atoms with Crippen LogP contribution in [0.1, 0.15) is 23.7 Å². The number of amides is 1. The summed E-state index contributed by atoms with van der Waals surface area (Å²) in [6.07, 6.45) is 1.14. The van der Waals surface area contributed by atoms with Crippen LogP contribution >= 0.6 is 0 Å². The molecule has 1 amide bonds. The van der Waals surface area contributed by atoms with E-state index in [9.17, 15) is 4.79 Å². The molecule has 0 saturated carbocycles. The van der Waals surface area contributed by atoms with E-state index in [0.717, 1.165) is 19.5 Å². The maximum absolute atomic E-state index is 12.2. The molecule has 0 spiro atoms. The highest BCUT2D eigenvalue weighted by atomic mass is 16.5. The lowest BCUT2D eigenvalue weighted by molar-refractivity contribution is 0.0947. The number of nitrogens with one attached hydrogen (secondary N) is 1. The maximum Gasteiger partial charge on any atom is 0.251 e. The molecule has 0 bridgehead atoms. The Balaban J connectivity index is 1.94. The van der Waals surface area contributed by atoms with E-state index < -0.39 is 0 Å². The van der Waals surface area contributed by atoms with Crippen molar-refractivity contribution in [3.8, 4) is 5.75 Å². The monoisotopic (exact) mass is 277 g/mol. The SMILES string of the molecule is CCOc1cc(N)cc(C(=O)NCC2CCN(C)C2)c1. The first-order valence-corrected chi connectivity index (χ1v) is 7.08. The fourth-order valence-corrected chi connectivity index (χ4v) is 2.54. The lowest BCUT2D eigenvalue weighted by Gasteiger charge is -2.12. The van der Waals surface area contributed by atoms with Crippen molar-refractivity contribution in [2.24, 2.45) is 5.92 Å². The molecule has 0 radical (unpaired) electrons. The summed E-state index contributed by atoms with van der Waals surface area (Å²) in [6.45, 7) is 5.31. The Hall–Kier alpha value is -1.75. The molecule has 3 N–H and O–H groups in total. The molecule has 1 heterocycles. The summed E-state index contributed by atoms with van der Waals surface area (Å²) in [6, 6.07) is 5.14. The van der Waals surface area contributed by atoms with Gasteiger partial charge in [0, 0.05) is 30.4 Å². The predicted molar refractivity (Wildman–Crippen MR) is 80.0 cm³/mol. The minimum Gasteiger partial charge on any atom is -0.494 e. The summed E-state index contributed by atoms with van der Waals surface area (Å²) in [4.78, 5) is 14.4. The Kier molecular flexibility index (Phi) is 4.84. The van der Waals surface area contributed by atoms with Gasteiger partial charge < -0.3 is 20.7 Å². The van der Waals surface area contributed by atoms with E-state index in [2.05, 4.69) is 17.3 Å². The standard InChI is InChI=1S/C15H23N3O2/c1-3-20-14-7-12(6-13(16)8-14)15(19)17-9-11-4-5-18(2)10-11/h6-8,11H,3-5,9-10,16H2,1-2H3,(H,17,19). The number of nitrogen functional groups attached to an aromatic ring is 1. The minimum absolute atomic E-state index is 0.0900. The van der Waals surface area contributed by atoms with Crippen molar-refractivity contribution < 1.29 is 9.53 Å². The van der Waals surface area contributed by atoms with Crippen LogP contribution in [0.2, 0.25) is 0 Å². The Morgan fingerprint density at radius 2 is 2.30 bits per heavy atom. The molecule has 0 aliphatic carbocycles. The zero-order valence-corrected chi connectivity index (χ0v) is 12.2. The third-order valence-electron chi connectivity index (χ3n) is 3.54. The zero-order valence-electron chi connectivity index (χ0n) is 12.2. The molecular formula is C15H23N3O2. The minimum atomic E-state index is -0.0900. The number of anilines is 1. The van der Waals surface area contributed by atoms with Gasteiger partial charge >= 0.3 is 0 Å². The molecule has 1 aromatic rings. The predicted octanol–water partition coefficient (Wildman–Crippen LogP) is 1.35. The van der Waals surface area contributed by atoms with Gasteiger partial charge in [-0.1, -0.05) is 0 Å². The highest BCUT2D eigenvalue weighted by molar-refractivity contribution is 5.95. The van der Waals surface area contributed by atoms with Crippen LogP contribution in [0.5, 0.6) is 5.75 Å². The smallest absolute Gasteiger partial charge is 0.251 e. The lowest BCUT2D eigenvalue weighted by Crippen LogP contribution is -2.30. The molecule has 0 aromatic heterocycles. The van der Waals surface area contributed by atoms with E-state index in [1.807, 2.05) is 6.92 Å². The molecular weight excluding hydrogens is 254 g/mol. The van der Waals surface area contributed by atoms with Crippen LogP contribution in [0.15, 0.2) is 18.2 Å². The topological polar surface area (TPSA) is 67.6 Å². The van der Waals surface area contributed by atoms with Gasteiger partial charge in [0.2, 0.25) is 0 Å². The Morgan fingerprint density at radius 1 is 1.50 bits per heavy atom. The van der Waals surface area contributed by atoms with Crippen molar-refractivity contribution >= 4 is 11.6 Å². The molecule has 1 atom stereocenters. The van der Waals surface area contributed by atoms with Crippen LogP contribution in [-0.2, 0) is 0 Å². The zero-order chi connectivity index (χ0) is 14.5. The fraction of sp³-hybridized carbons (Fsp3) is 0.533. The second-order valence-electron chi connectivity index (χ2n) is 5.35. The number of hydrogen-bond donors (Lipinski definition) is 2. The summed E-state index contributed by atoms with van der Waals surface area (Å²) in [5, 5.41) is 2.98. The molecule has 1 fully saturated rings. The number of benzene rings is 1. The largest absolute Gasteiger partial charge is 0.494 e. The van der Waals surface area contributed by atoms with Crippen molar-refractivity contribution in [1.82, 2.24) is 10.2 Å². The molecule has 5 heteroatoms. The molecule has 1 unspecified atom stereocenters. The van der Waals surface area contributed by atoms with Gasteiger partial charge in [-0.2, -0.15) is 0 Å². The molecule has 1 aliphatic rings. The van der Waals surface area contributed by atoms with E-state index in [1.165, 1.54) is 0 Å². The first-order valence-electron chi connectivity index (χ1n) is 7.08. The fourth-order valence-electron chi connectivity index (χ4n) is 2.54. The van der Waals surface area contributed by atoms with Gasteiger partial charge in [-0.3, -0.25) is 4.79 Å². The maximum atomic E-state index is 12.2. The average Bonchev–Trinajstić information content (AvgIpc) is 2.81. The number of ether oxygens (including phenoxy) is 1. The number of carbonyl (C=O) groups excluding carboxylic acids is 1. The van der Waals surface area contributed by atoms with Crippen LogP contribution in [-0.4, -0.2) is 44.1 Å². The number of nitrogens with zero attached hydrogens (tertiary/aromatic N) is 1. The van der Waals surface area contributed by atoms with Crippen molar-refractivity contribution in [3.05, 3.63) is 23.8 Å². The number of hydrogen-bond acceptors (Lipinski definition) is 4. The van der Waals surface area contributed by atoms with Crippen LogP contribution in [0.4, 0.5) is 5.69 Å². The third kappa shape index (κ3) is 3.87. The van der Waals surface area contributed by atoms with Crippen LogP contribution < -0.4 is 15.8 Å². The van der Waals surface area contributed by atoms with E-state index in [4.69, 9.17) is 10.5 Å². The summed E-state index contributed by atoms with van der Waals surface area (Å²) >= 11 is 0. The normalized spacial score (nSPS) is 19.0. The number of rotatable bonds is 5. The number of likely N-dealkylation sites (tertiary alicyclic amines) is 1. The van der Waals surface area contributed by atoms with Gasteiger partial charge in [-0.15, -0.1) is 0 Å². The van der Waals surface area contributed by atoms with Crippen LogP contribution in [0.25, 0.3) is 0 Å². The van der Waals surface area contributed by atoms with Crippen molar-refractivity contribution in [2.75, 3.05) is 39.0 Å². The Bertz CT molecular complexity index is 476. The summed E-state index contributed by atoms with van der Waals surface area (Å²) in [7, 11) is 2.11.